The maximum atomic E-state index is 11.5. The van der Waals surface area contributed by atoms with Gasteiger partial charge in [-0.15, -0.1) is 0 Å². The van der Waals surface area contributed by atoms with Crippen LogP contribution >= 0.6 is 0 Å². The molecule has 0 unspecified atom stereocenters. The van der Waals surface area contributed by atoms with Crippen molar-refractivity contribution in [1.29, 1.82) is 0 Å². The van der Waals surface area contributed by atoms with E-state index in [0.29, 0.717) is 12.8 Å². The van der Waals surface area contributed by atoms with Gasteiger partial charge in [0.25, 0.3) is 0 Å². The lowest BCUT2D eigenvalue weighted by Crippen LogP contribution is -2.59. The maximum absolute atomic E-state index is 11.5. The van der Waals surface area contributed by atoms with Gasteiger partial charge >= 0.3 is 5.97 Å². The van der Waals surface area contributed by atoms with E-state index in [1.807, 2.05) is 13.8 Å². The zero-order chi connectivity index (χ0) is 12.8. The monoisotopic (exact) mass is 229 g/mol. The first-order valence-corrected chi connectivity index (χ1v) is 6.36. The van der Waals surface area contributed by atoms with E-state index in [4.69, 9.17) is 0 Å². The Morgan fingerprint density at radius 2 is 1.56 bits per heavy atom. The Labute approximate surface area is 99.6 Å². The van der Waals surface area contributed by atoms with Crippen molar-refractivity contribution in [3.8, 4) is 0 Å². The Morgan fingerprint density at radius 3 is 1.81 bits per heavy atom. The second-order valence-electron chi connectivity index (χ2n) is 5.25. The molecule has 0 saturated carbocycles. The minimum Gasteiger partial charge on any atom is -0.480 e. The first-order chi connectivity index (χ1) is 7.33. The fourth-order valence-electron chi connectivity index (χ4n) is 2.11. The smallest absolute Gasteiger partial charge is 0.323 e. The minimum absolute atomic E-state index is 0.122. The number of hydrogen-bond acceptors (Lipinski definition) is 2. The summed E-state index contributed by atoms with van der Waals surface area (Å²) in [7, 11) is 0. The Morgan fingerprint density at radius 1 is 1.12 bits per heavy atom. The molecule has 3 nitrogen and oxygen atoms in total. The highest BCUT2D eigenvalue weighted by molar-refractivity contribution is 5.78. The van der Waals surface area contributed by atoms with Crippen LogP contribution in [-0.4, -0.2) is 22.2 Å². The lowest BCUT2D eigenvalue weighted by atomic mass is 9.85. The van der Waals surface area contributed by atoms with Crippen LogP contribution in [0.5, 0.6) is 0 Å². The quantitative estimate of drug-likeness (QED) is 0.672. The second kappa shape index (κ2) is 6.24. The van der Waals surface area contributed by atoms with Crippen molar-refractivity contribution in [3.63, 3.8) is 0 Å². The standard InChI is InChI=1S/C13H27NO2/c1-6-9-13(10-7-2,11(15)16)14-12(4,5)8-3/h14H,6-10H2,1-5H3,(H,15,16). The lowest BCUT2D eigenvalue weighted by molar-refractivity contribution is -0.146. The normalized spacial score (nSPS) is 12.8. The molecule has 0 aliphatic rings. The van der Waals surface area contributed by atoms with E-state index >= 15 is 0 Å². The summed E-state index contributed by atoms with van der Waals surface area (Å²) in [6, 6.07) is 0. The average molecular weight is 229 g/mol. The summed E-state index contributed by atoms with van der Waals surface area (Å²) < 4.78 is 0. The molecule has 0 rings (SSSR count). The highest BCUT2D eigenvalue weighted by Gasteiger charge is 2.40. The minimum atomic E-state index is -0.747. The highest BCUT2D eigenvalue weighted by Crippen LogP contribution is 2.25. The Kier molecular flexibility index (Phi) is 6.01. The molecule has 0 radical (unpaired) electrons. The highest BCUT2D eigenvalue weighted by atomic mass is 16.4. The van der Waals surface area contributed by atoms with Gasteiger partial charge < -0.3 is 5.11 Å². The summed E-state index contributed by atoms with van der Waals surface area (Å²) in [6.07, 6.45) is 4.09. The van der Waals surface area contributed by atoms with Crippen LogP contribution in [0.1, 0.15) is 66.7 Å². The molecule has 0 aliphatic carbocycles. The van der Waals surface area contributed by atoms with Crippen molar-refractivity contribution in [2.24, 2.45) is 0 Å². The molecule has 96 valence electrons. The molecule has 0 heterocycles. The van der Waals surface area contributed by atoms with Crippen LogP contribution in [0.15, 0.2) is 0 Å². The predicted molar refractivity (Wildman–Crippen MR) is 67.7 cm³/mol. The van der Waals surface area contributed by atoms with E-state index in [2.05, 4.69) is 26.1 Å². The largest absolute Gasteiger partial charge is 0.480 e. The zero-order valence-corrected chi connectivity index (χ0v) is 11.4. The van der Waals surface area contributed by atoms with Crippen LogP contribution < -0.4 is 5.32 Å². The summed E-state index contributed by atoms with van der Waals surface area (Å²) in [5.74, 6) is -0.710. The number of rotatable bonds is 8. The van der Waals surface area contributed by atoms with Crippen molar-refractivity contribution >= 4 is 5.97 Å². The van der Waals surface area contributed by atoms with E-state index in [-0.39, 0.29) is 5.54 Å². The second-order valence-corrected chi connectivity index (χ2v) is 5.25. The summed E-state index contributed by atoms with van der Waals surface area (Å²) in [5.41, 5.74) is -0.869. The predicted octanol–water partition coefficient (Wildman–Crippen LogP) is 3.19. The summed E-state index contributed by atoms with van der Waals surface area (Å²) >= 11 is 0. The van der Waals surface area contributed by atoms with E-state index in [1.54, 1.807) is 0 Å². The van der Waals surface area contributed by atoms with Crippen molar-refractivity contribution in [1.82, 2.24) is 5.32 Å². The zero-order valence-electron chi connectivity index (χ0n) is 11.4. The van der Waals surface area contributed by atoms with Crippen LogP contribution in [0, 0.1) is 0 Å². The van der Waals surface area contributed by atoms with Gasteiger partial charge in [-0.05, 0) is 33.1 Å². The molecule has 0 aromatic rings. The molecule has 2 N–H and O–H groups in total. The molecular weight excluding hydrogens is 202 g/mol. The number of carboxylic acid groups (broad SMARTS) is 1. The van der Waals surface area contributed by atoms with Crippen molar-refractivity contribution in [2.75, 3.05) is 0 Å². The van der Waals surface area contributed by atoms with Gasteiger partial charge in [-0.3, -0.25) is 10.1 Å². The molecule has 16 heavy (non-hydrogen) atoms. The van der Waals surface area contributed by atoms with Gasteiger partial charge in [0.05, 0.1) is 0 Å². The van der Waals surface area contributed by atoms with E-state index < -0.39 is 11.5 Å². The van der Waals surface area contributed by atoms with Gasteiger partial charge in [0.1, 0.15) is 5.54 Å². The third-order valence-corrected chi connectivity index (χ3v) is 3.22. The fraction of sp³-hybridized carbons (Fsp3) is 0.923. The summed E-state index contributed by atoms with van der Waals surface area (Å²) in [4.78, 5) is 11.5. The number of hydrogen-bond donors (Lipinski definition) is 2. The Bertz CT molecular complexity index is 218. The Hall–Kier alpha value is -0.570. The fourth-order valence-corrected chi connectivity index (χ4v) is 2.11. The lowest BCUT2D eigenvalue weighted by Gasteiger charge is -2.38. The molecule has 0 atom stereocenters. The number of aliphatic carboxylic acids is 1. The Balaban J connectivity index is 4.94. The van der Waals surface area contributed by atoms with Crippen molar-refractivity contribution in [3.05, 3.63) is 0 Å². The number of carboxylic acids is 1. The van der Waals surface area contributed by atoms with Gasteiger partial charge in [-0.2, -0.15) is 0 Å². The van der Waals surface area contributed by atoms with Crippen LogP contribution in [-0.2, 0) is 4.79 Å². The third-order valence-electron chi connectivity index (χ3n) is 3.22. The number of nitrogens with one attached hydrogen (secondary N) is 1. The molecule has 0 bridgehead atoms. The first kappa shape index (κ1) is 15.4. The van der Waals surface area contributed by atoms with Crippen LogP contribution in [0.4, 0.5) is 0 Å². The van der Waals surface area contributed by atoms with E-state index in [9.17, 15) is 9.90 Å². The number of carbonyl (C=O) groups is 1. The molecule has 3 heteroatoms. The van der Waals surface area contributed by atoms with Crippen LogP contribution in [0.3, 0.4) is 0 Å². The van der Waals surface area contributed by atoms with Crippen LogP contribution in [0.2, 0.25) is 0 Å². The van der Waals surface area contributed by atoms with E-state index in [1.165, 1.54) is 0 Å². The SMILES string of the molecule is CCCC(CCC)(NC(C)(C)CC)C(=O)O. The van der Waals surface area contributed by atoms with Crippen molar-refractivity contribution in [2.45, 2.75) is 77.8 Å². The maximum Gasteiger partial charge on any atom is 0.323 e. The average Bonchev–Trinajstić information content (AvgIpc) is 2.17. The molecule has 0 spiro atoms. The molecule has 0 aromatic carbocycles. The van der Waals surface area contributed by atoms with Gasteiger partial charge in [-0.25, -0.2) is 0 Å². The molecule has 0 aliphatic heterocycles. The molecular formula is C13H27NO2. The van der Waals surface area contributed by atoms with Gasteiger partial charge in [0.2, 0.25) is 0 Å². The third kappa shape index (κ3) is 4.12. The van der Waals surface area contributed by atoms with Crippen molar-refractivity contribution < 1.29 is 9.90 Å². The summed E-state index contributed by atoms with van der Waals surface area (Å²) in [5, 5.41) is 12.8. The molecule has 0 aromatic heterocycles. The topological polar surface area (TPSA) is 49.3 Å². The summed E-state index contributed by atoms with van der Waals surface area (Å²) in [6.45, 7) is 10.3. The van der Waals surface area contributed by atoms with Gasteiger partial charge in [0.15, 0.2) is 0 Å². The van der Waals surface area contributed by atoms with Gasteiger partial charge in [0, 0.05) is 5.54 Å². The van der Waals surface area contributed by atoms with Crippen LogP contribution in [0.25, 0.3) is 0 Å². The first-order valence-electron chi connectivity index (χ1n) is 6.36. The molecule has 0 fully saturated rings. The van der Waals surface area contributed by atoms with Gasteiger partial charge in [-0.1, -0.05) is 33.6 Å². The molecule has 0 saturated heterocycles. The molecule has 0 amide bonds. The van der Waals surface area contributed by atoms with E-state index in [0.717, 1.165) is 19.3 Å².